The number of rotatable bonds is 4. The first-order chi connectivity index (χ1) is 16.2. The number of fused-ring (bicyclic) bond motifs is 3. The predicted molar refractivity (Wildman–Crippen MR) is 128 cm³/mol. The maximum absolute atomic E-state index is 13.7. The molecule has 0 fully saturated rings. The fraction of sp³-hybridized carbons (Fsp3) is 0.148. The fourth-order valence-electron chi connectivity index (χ4n) is 4.43. The summed E-state index contributed by atoms with van der Waals surface area (Å²) in [6.07, 6.45) is 2.04. The number of carbonyl (C=O) groups excluding carboxylic acids is 1. The number of hydrogen-bond acceptors (Lipinski definition) is 3. The van der Waals surface area contributed by atoms with Gasteiger partial charge >= 0.3 is 6.03 Å². The van der Waals surface area contributed by atoms with E-state index < -0.39 is 0 Å². The first-order valence-electron chi connectivity index (χ1n) is 10.8. The van der Waals surface area contributed by atoms with Gasteiger partial charge in [-0.2, -0.15) is 0 Å². The molecule has 0 saturated carbocycles. The van der Waals surface area contributed by atoms with Gasteiger partial charge in [-0.25, -0.2) is 4.79 Å². The van der Waals surface area contributed by atoms with Gasteiger partial charge in [0.1, 0.15) is 0 Å². The van der Waals surface area contributed by atoms with Gasteiger partial charge < -0.3 is 24.3 Å². The van der Waals surface area contributed by atoms with Gasteiger partial charge in [0.2, 0.25) is 0 Å². The molecule has 1 aliphatic rings. The topological polar surface area (TPSA) is 55.7 Å². The Morgan fingerprint density at radius 2 is 1.64 bits per heavy atom. The SMILES string of the molecule is COc1ccc(C2c3cccn3-c3ccccc3CN2C(=O)Nc2ccccc2)cc1OC. The predicted octanol–water partition coefficient (Wildman–Crippen LogP) is 5.63. The fourth-order valence-corrected chi connectivity index (χ4v) is 4.43. The van der Waals surface area contributed by atoms with Crippen molar-refractivity contribution in [2.45, 2.75) is 12.6 Å². The summed E-state index contributed by atoms with van der Waals surface area (Å²) in [7, 11) is 3.23. The largest absolute Gasteiger partial charge is 0.493 e. The molecule has 0 radical (unpaired) electrons. The zero-order chi connectivity index (χ0) is 22.8. The van der Waals surface area contributed by atoms with Crippen LogP contribution in [-0.4, -0.2) is 29.7 Å². The maximum Gasteiger partial charge on any atom is 0.322 e. The number of amides is 2. The normalized spacial score (nSPS) is 14.6. The van der Waals surface area contributed by atoms with E-state index in [1.807, 2.05) is 77.8 Å². The second-order valence-corrected chi connectivity index (χ2v) is 7.87. The number of hydrogen-bond donors (Lipinski definition) is 1. The van der Waals surface area contributed by atoms with E-state index in [1.165, 1.54) is 0 Å². The lowest BCUT2D eigenvalue weighted by atomic mass is 10.0. The van der Waals surface area contributed by atoms with Gasteiger partial charge in [-0.05, 0) is 53.6 Å². The van der Waals surface area contributed by atoms with E-state index in [4.69, 9.17) is 9.47 Å². The summed E-state index contributed by atoms with van der Waals surface area (Å²) >= 11 is 0. The Morgan fingerprint density at radius 3 is 2.42 bits per heavy atom. The number of nitrogens with zero attached hydrogens (tertiary/aromatic N) is 2. The van der Waals surface area contributed by atoms with Crippen molar-refractivity contribution >= 4 is 11.7 Å². The molecular formula is C27H25N3O3. The maximum atomic E-state index is 13.7. The molecule has 2 amide bonds. The minimum absolute atomic E-state index is 0.176. The lowest BCUT2D eigenvalue weighted by Gasteiger charge is -2.31. The summed E-state index contributed by atoms with van der Waals surface area (Å²) in [5.41, 5.74) is 4.82. The van der Waals surface area contributed by atoms with E-state index in [0.29, 0.717) is 18.0 Å². The van der Waals surface area contributed by atoms with Gasteiger partial charge in [-0.1, -0.05) is 42.5 Å². The Hall–Kier alpha value is -4.19. The van der Waals surface area contributed by atoms with Gasteiger partial charge in [0, 0.05) is 17.6 Å². The molecule has 4 aromatic rings. The van der Waals surface area contributed by atoms with Crippen LogP contribution in [0.25, 0.3) is 5.69 Å². The van der Waals surface area contributed by atoms with Crippen LogP contribution in [0.15, 0.2) is 91.1 Å². The number of ether oxygens (including phenoxy) is 2. The van der Waals surface area contributed by atoms with Crippen LogP contribution < -0.4 is 14.8 Å². The zero-order valence-electron chi connectivity index (χ0n) is 18.6. The van der Waals surface area contributed by atoms with Crippen molar-refractivity contribution in [2.75, 3.05) is 19.5 Å². The third kappa shape index (κ3) is 3.80. The van der Waals surface area contributed by atoms with Crippen molar-refractivity contribution in [1.82, 2.24) is 9.47 Å². The Morgan fingerprint density at radius 1 is 0.879 bits per heavy atom. The monoisotopic (exact) mass is 439 g/mol. The number of para-hydroxylation sites is 2. The van der Waals surface area contributed by atoms with E-state index in [9.17, 15) is 4.79 Å². The van der Waals surface area contributed by atoms with Crippen LogP contribution in [0.1, 0.15) is 22.9 Å². The number of nitrogens with one attached hydrogen (secondary N) is 1. The van der Waals surface area contributed by atoms with E-state index >= 15 is 0 Å². The third-order valence-corrected chi connectivity index (χ3v) is 5.97. The van der Waals surface area contributed by atoms with Crippen molar-refractivity contribution in [3.05, 3.63) is 108 Å². The summed E-state index contributed by atoms with van der Waals surface area (Å²) in [6, 6.07) is 27.1. The molecule has 6 heteroatoms. The summed E-state index contributed by atoms with van der Waals surface area (Å²) < 4.78 is 13.2. The Balaban J connectivity index is 1.65. The van der Waals surface area contributed by atoms with Crippen LogP contribution in [0.3, 0.4) is 0 Å². The highest BCUT2D eigenvalue weighted by Gasteiger charge is 2.33. The quantitative estimate of drug-likeness (QED) is 0.448. The molecule has 2 heterocycles. The van der Waals surface area contributed by atoms with Crippen LogP contribution in [0.5, 0.6) is 11.5 Å². The van der Waals surface area contributed by atoms with E-state index in [1.54, 1.807) is 14.2 Å². The highest BCUT2D eigenvalue weighted by Crippen LogP contribution is 2.39. The minimum Gasteiger partial charge on any atom is -0.493 e. The number of benzene rings is 3. The van der Waals surface area contributed by atoms with Crippen molar-refractivity contribution in [2.24, 2.45) is 0 Å². The highest BCUT2D eigenvalue weighted by molar-refractivity contribution is 5.90. The Bertz CT molecular complexity index is 1280. The average Bonchev–Trinajstić information content (AvgIpc) is 3.28. The molecule has 166 valence electrons. The molecular weight excluding hydrogens is 414 g/mol. The van der Waals surface area contributed by atoms with Gasteiger partial charge in [0.25, 0.3) is 0 Å². The van der Waals surface area contributed by atoms with Gasteiger partial charge in [0.15, 0.2) is 11.5 Å². The van der Waals surface area contributed by atoms with Gasteiger partial charge in [-0.3, -0.25) is 0 Å². The molecule has 0 spiro atoms. The Kier molecular flexibility index (Phi) is 5.48. The van der Waals surface area contributed by atoms with E-state index in [0.717, 1.165) is 28.2 Å². The van der Waals surface area contributed by atoms with Gasteiger partial charge in [-0.15, -0.1) is 0 Å². The van der Waals surface area contributed by atoms with E-state index in [2.05, 4.69) is 28.1 Å². The molecule has 3 aromatic carbocycles. The summed E-state index contributed by atoms with van der Waals surface area (Å²) in [5.74, 6) is 1.27. The van der Waals surface area contributed by atoms with Crippen LogP contribution in [-0.2, 0) is 6.54 Å². The molecule has 1 aromatic heterocycles. The summed E-state index contributed by atoms with van der Waals surface area (Å²) in [5, 5.41) is 3.07. The molecule has 5 rings (SSSR count). The lowest BCUT2D eigenvalue weighted by Crippen LogP contribution is -2.37. The second-order valence-electron chi connectivity index (χ2n) is 7.87. The first-order valence-corrected chi connectivity index (χ1v) is 10.8. The molecule has 0 saturated heterocycles. The second kappa shape index (κ2) is 8.74. The van der Waals surface area contributed by atoms with Crippen LogP contribution >= 0.6 is 0 Å². The molecule has 0 bridgehead atoms. The number of aromatic nitrogens is 1. The van der Waals surface area contributed by atoms with Crippen molar-refractivity contribution in [1.29, 1.82) is 0 Å². The minimum atomic E-state index is -0.337. The summed E-state index contributed by atoms with van der Waals surface area (Å²) in [4.78, 5) is 15.5. The summed E-state index contributed by atoms with van der Waals surface area (Å²) in [6.45, 7) is 0.454. The van der Waals surface area contributed by atoms with Crippen LogP contribution in [0.2, 0.25) is 0 Å². The molecule has 0 aliphatic carbocycles. The number of carbonyl (C=O) groups is 1. The number of methoxy groups -OCH3 is 2. The molecule has 33 heavy (non-hydrogen) atoms. The molecule has 6 nitrogen and oxygen atoms in total. The van der Waals surface area contributed by atoms with Gasteiger partial charge in [0.05, 0.1) is 32.5 Å². The number of anilines is 1. The zero-order valence-corrected chi connectivity index (χ0v) is 18.6. The first kappa shape index (κ1) is 20.7. The standard InChI is InChI=1S/C27H25N3O3/c1-32-24-15-14-19(17-25(24)33-2)26-23-13-8-16-29(23)22-12-7-6-9-20(22)18-30(26)27(31)28-21-10-4-3-5-11-21/h3-17,26H,18H2,1-2H3,(H,28,31). The molecule has 1 N–H and O–H groups in total. The molecule has 1 unspecified atom stereocenters. The Labute approximate surface area is 193 Å². The third-order valence-electron chi connectivity index (χ3n) is 5.97. The van der Waals surface area contributed by atoms with Crippen molar-refractivity contribution in [3.63, 3.8) is 0 Å². The van der Waals surface area contributed by atoms with E-state index in [-0.39, 0.29) is 12.1 Å². The lowest BCUT2D eigenvalue weighted by molar-refractivity contribution is 0.194. The molecule has 1 atom stereocenters. The van der Waals surface area contributed by atoms with Crippen LogP contribution in [0, 0.1) is 0 Å². The van der Waals surface area contributed by atoms with Crippen molar-refractivity contribution in [3.8, 4) is 17.2 Å². The van der Waals surface area contributed by atoms with Crippen molar-refractivity contribution < 1.29 is 14.3 Å². The smallest absolute Gasteiger partial charge is 0.322 e. The highest BCUT2D eigenvalue weighted by atomic mass is 16.5. The molecule has 1 aliphatic heterocycles. The number of urea groups is 1. The average molecular weight is 440 g/mol. The van der Waals surface area contributed by atoms with Crippen LogP contribution in [0.4, 0.5) is 10.5 Å².